The number of amides is 1. The number of ether oxygens (including phenoxy) is 1. The number of fused-ring (bicyclic) bond motifs is 2. The fourth-order valence-electron chi connectivity index (χ4n) is 2.66. The third-order valence-corrected chi connectivity index (χ3v) is 3.87. The van der Waals surface area contributed by atoms with Crippen LogP contribution in [0.1, 0.15) is 10.6 Å². The van der Waals surface area contributed by atoms with Gasteiger partial charge in [-0.15, -0.1) is 0 Å². The topological polar surface area (TPSA) is 81.7 Å². The molecule has 6 nitrogen and oxygen atoms in total. The largest absolute Gasteiger partial charge is 0.493 e. The van der Waals surface area contributed by atoms with E-state index in [1.165, 1.54) is 19.4 Å². The molecule has 25 heavy (non-hydrogen) atoms. The molecule has 0 unspecified atom stereocenters. The van der Waals surface area contributed by atoms with Crippen LogP contribution in [0.5, 0.6) is 5.75 Å². The molecule has 2 heterocycles. The van der Waals surface area contributed by atoms with Gasteiger partial charge in [0, 0.05) is 17.1 Å². The van der Waals surface area contributed by atoms with Gasteiger partial charge in [0.2, 0.25) is 0 Å². The minimum atomic E-state index is -0.419. The van der Waals surface area contributed by atoms with Crippen LogP contribution in [-0.2, 0) is 0 Å². The third-order valence-electron chi connectivity index (χ3n) is 3.87. The Hall–Kier alpha value is -3.54. The zero-order valence-corrected chi connectivity index (χ0v) is 13.2. The normalized spacial score (nSPS) is 10.9. The number of rotatable bonds is 3. The summed E-state index contributed by atoms with van der Waals surface area (Å²) in [7, 11) is 1.54. The highest BCUT2D eigenvalue weighted by molar-refractivity contribution is 6.05. The van der Waals surface area contributed by atoms with Crippen molar-refractivity contribution in [3.63, 3.8) is 0 Å². The van der Waals surface area contributed by atoms with Gasteiger partial charge in [-0.05, 0) is 30.3 Å². The second kappa shape index (κ2) is 5.83. The zero-order valence-electron chi connectivity index (χ0n) is 13.2. The molecular weight excluding hydrogens is 322 g/mol. The summed E-state index contributed by atoms with van der Waals surface area (Å²) in [5.41, 5.74) is 1.27. The summed E-state index contributed by atoms with van der Waals surface area (Å²) in [5, 5.41) is 3.88. The van der Waals surface area contributed by atoms with Crippen molar-refractivity contribution in [2.75, 3.05) is 12.4 Å². The third kappa shape index (κ3) is 2.63. The number of furan rings is 1. The first-order chi connectivity index (χ1) is 12.2. The number of carbonyl (C=O) groups excluding carboxylic acids is 1. The molecule has 0 saturated heterocycles. The van der Waals surface area contributed by atoms with Gasteiger partial charge in [0.15, 0.2) is 22.5 Å². The number of nitrogens with one attached hydrogen (secondary N) is 1. The van der Waals surface area contributed by atoms with Crippen LogP contribution in [0.4, 0.5) is 5.69 Å². The van der Waals surface area contributed by atoms with Crippen molar-refractivity contribution < 1.29 is 18.4 Å². The number of methoxy groups -OCH3 is 1. The molecule has 2 aromatic heterocycles. The average molecular weight is 335 g/mol. The molecule has 4 aromatic rings. The first kappa shape index (κ1) is 15.0. The molecule has 0 spiro atoms. The van der Waals surface area contributed by atoms with Crippen molar-refractivity contribution in [3.05, 3.63) is 70.8 Å². The maximum Gasteiger partial charge on any atom is 0.291 e. The second-order valence-corrected chi connectivity index (χ2v) is 5.44. The Morgan fingerprint density at radius 2 is 2.00 bits per heavy atom. The average Bonchev–Trinajstić information content (AvgIpc) is 3.07. The lowest BCUT2D eigenvalue weighted by Gasteiger charge is -2.04. The summed E-state index contributed by atoms with van der Waals surface area (Å²) >= 11 is 0. The lowest BCUT2D eigenvalue weighted by Crippen LogP contribution is -2.11. The van der Waals surface area contributed by atoms with Crippen molar-refractivity contribution in [1.82, 2.24) is 0 Å². The second-order valence-electron chi connectivity index (χ2n) is 5.44. The van der Waals surface area contributed by atoms with E-state index in [-0.39, 0.29) is 11.2 Å². The molecule has 2 aromatic carbocycles. The van der Waals surface area contributed by atoms with Crippen molar-refractivity contribution >= 4 is 33.5 Å². The molecule has 0 radical (unpaired) electrons. The van der Waals surface area contributed by atoms with E-state index >= 15 is 0 Å². The Bertz CT molecular complexity index is 1160. The molecule has 4 rings (SSSR count). The van der Waals surface area contributed by atoms with Gasteiger partial charge in [-0.2, -0.15) is 0 Å². The number of para-hydroxylation sites is 1. The summed E-state index contributed by atoms with van der Waals surface area (Å²) < 4.78 is 16.1. The Kier molecular flexibility index (Phi) is 3.50. The van der Waals surface area contributed by atoms with Crippen LogP contribution < -0.4 is 15.5 Å². The number of carbonyl (C=O) groups is 1. The predicted octanol–water partition coefficient (Wildman–Crippen LogP) is 3.80. The van der Waals surface area contributed by atoms with Gasteiger partial charge in [-0.3, -0.25) is 9.59 Å². The lowest BCUT2D eigenvalue weighted by molar-refractivity contribution is 0.0998. The van der Waals surface area contributed by atoms with E-state index in [0.717, 1.165) is 5.39 Å². The molecule has 124 valence electrons. The maximum atomic E-state index is 12.5. The first-order valence-electron chi connectivity index (χ1n) is 7.55. The van der Waals surface area contributed by atoms with Crippen LogP contribution in [0.3, 0.4) is 0 Å². The molecule has 6 heteroatoms. The highest BCUT2D eigenvalue weighted by Crippen LogP contribution is 2.29. The van der Waals surface area contributed by atoms with Gasteiger partial charge in [-0.1, -0.05) is 12.1 Å². The van der Waals surface area contributed by atoms with Crippen molar-refractivity contribution in [3.8, 4) is 5.75 Å². The SMILES string of the molecule is COc1cccc2cc(C(=O)Nc3ccc4occc(=O)c4c3)oc12. The Morgan fingerprint density at radius 3 is 2.84 bits per heavy atom. The lowest BCUT2D eigenvalue weighted by atomic mass is 10.2. The molecule has 0 aliphatic carbocycles. The van der Waals surface area contributed by atoms with E-state index < -0.39 is 5.91 Å². The summed E-state index contributed by atoms with van der Waals surface area (Å²) in [6.07, 6.45) is 1.34. The van der Waals surface area contributed by atoms with Gasteiger partial charge in [0.1, 0.15) is 5.58 Å². The highest BCUT2D eigenvalue weighted by Gasteiger charge is 2.15. The van der Waals surface area contributed by atoms with Crippen LogP contribution in [-0.4, -0.2) is 13.0 Å². The fraction of sp³-hybridized carbons (Fsp3) is 0.0526. The monoisotopic (exact) mass is 335 g/mol. The number of benzene rings is 2. The molecule has 0 bridgehead atoms. The first-order valence-corrected chi connectivity index (χ1v) is 7.55. The van der Waals surface area contributed by atoms with Crippen LogP contribution in [0, 0.1) is 0 Å². The van der Waals surface area contributed by atoms with Crippen molar-refractivity contribution in [1.29, 1.82) is 0 Å². The Balaban J connectivity index is 1.68. The van der Waals surface area contributed by atoms with E-state index in [9.17, 15) is 9.59 Å². The maximum absolute atomic E-state index is 12.5. The van der Waals surface area contributed by atoms with E-state index in [1.54, 1.807) is 30.3 Å². The minimum absolute atomic E-state index is 0.152. The van der Waals surface area contributed by atoms with Crippen molar-refractivity contribution in [2.24, 2.45) is 0 Å². The molecule has 0 aliphatic rings. The van der Waals surface area contributed by atoms with Gasteiger partial charge < -0.3 is 18.9 Å². The van der Waals surface area contributed by atoms with Crippen LogP contribution in [0.2, 0.25) is 0 Å². The van der Waals surface area contributed by atoms with Crippen LogP contribution in [0.25, 0.3) is 21.9 Å². The zero-order chi connectivity index (χ0) is 17.4. The summed E-state index contributed by atoms with van der Waals surface area (Å²) in [6.45, 7) is 0. The standard InChI is InChI=1S/C19H13NO5/c1-23-16-4-2-3-11-9-17(25-18(11)16)19(22)20-12-5-6-15-13(10-12)14(21)7-8-24-15/h2-10H,1H3,(H,20,22). The smallest absolute Gasteiger partial charge is 0.291 e. The Morgan fingerprint density at radius 1 is 1.12 bits per heavy atom. The molecule has 0 aliphatic heterocycles. The Labute approximate surface area is 141 Å². The van der Waals surface area contributed by atoms with E-state index in [2.05, 4.69) is 5.32 Å². The van der Waals surface area contributed by atoms with E-state index in [4.69, 9.17) is 13.6 Å². The van der Waals surface area contributed by atoms with E-state index in [1.807, 2.05) is 12.1 Å². The van der Waals surface area contributed by atoms with E-state index in [0.29, 0.717) is 28.0 Å². The molecule has 0 fully saturated rings. The number of anilines is 1. The summed E-state index contributed by atoms with van der Waals surface area (Å²) in [6, 6.07) is 13.3. The van der Waals surface area contributed by atoms with Gasteiger partial charge in [-0.25, -0.2) is 0 Å². The molecule has 1 N–H and O–H groups in total. The molecule has 1 amide bonds. The fourth-order valence-corrected chi connectivity index (χ4v) is 2.66. The molecule has 0 saturated carbocycles. The van der Waals surface area contributed by atoms with Crippen LogP contribution >= 0.6 is 0 Å². The number of hydrogen-bond donors (Lipinski definition) is 1. The van der Waals surface area contributed by atoms with Gasteiger partial charge in [0.25, 0.3) is 5.91 Å². The molecular formula is C19H13NO5. The quantitative estimate of drug-likeness (QED) is 0.616. The van der Waals surface area contributed by atoms with Gasteiger partial charge >= 0.3 is 0 Å². The van der Waals surface area contributed by atoms with Gasteiger partial charge in [0.05, 0.1) is 18.8 Å². The summed E-state index contributed by atoms with van der Waals surface area (Å²) in [5.74, 6) is 0.289. The minimum Gasteiger partial charge on any atom is -0.493 e. The summed E-state index contributed by atoms with van der Waals surface area (Å²) in [4.78, 5) is 24.3. The van der Waals surface area contributed by atoms with Crippen molar-refractivity contribution in [2.45, 2.75) is 0 Å². The highest BCUT2D eigenvalue weighted by atomic mass is 16.5. The predicted molar refractivity (Wildman–Crippen MR) is 93.2 cm³/mol. The number of hydrogen-bond acceptors (Lipinski definition) is 5. The van der Waals surface area contributed by atoms with Crippen LogP contribution in [0.15, 0.2) is 68.4 Å². The molecule has 0 atom stereocenters.